The molecule has 1 saturated heterocycles. The number of nitrogens with two attached hydrogens (primary N) is 1. The van der Waals surface area contributed by atoms with Crippen molar-refractivity contribution in [3.63, 3.8) is 0 Å². The van der Waals surface area contributed by atoms with Gasteiger partial charge in [-0.05, 0) is 24.6 Å². The van der Waals surface area contributed by atoms with Crippen molar-refractivity contribution in [3.8, 4) is 0 Å². The number of carbonyl (C=O) groups excluding carboxylic acids is 1. The molecule has 0 unspecified atom stereocenters. The summed E-state index contributed by atoms with van der Waals surface area (Å²) in [6, 6.07) is 4.70. The zero-order chi connectivity index (χ0) is 18.7. The lowest BCUT2D eigenvalue weighted by Crippen LogP contribution is -2.36. The highest BCUT2D eigenvalue weighted by molar-refractivity contribution is 6.30. The van der Waals surface area contributed by atoms with Crippen LogP contribution >= 0.6 is 11.6 Å². The zero-order valence-corrected chi connectivity index (χ0v) is 15.0. The Labute approximate surface area is 155 Å². The zero-order valence-electron chi connectivity index (χ0n) is 14.3. The van der Waals surface area contributed by atoms with Gasteiger partial charge in [0.1, 0.15) is 5.82 Å². The van der Waals surface area contributed by atoms with Crippen LogP contribution in [0, 0.1) is 5.82 Å². The first kappa shape index (κ1) is 18.3. The number of benzene rings is 1. The van der Waals surface area contributed by atoms with Gasteiger partial charge in [0.05, 0.1) is 24.6 Å². The van der Waals surface area contributed by atoms with Gasteiger partial charge < -0.3 is 20.7 Å². The molecule has 138 valence electrons. The fourth-order valence-corrected chi connectivity index (χ4v) is 2.98. The van der Waals surface area contributed by atoms with Crippen LogP contribution in [0.3, 0.4) is 0 Å². The van der Waals surface area contributed by atoms with Crippen molar-refractivity contribution in [1.82, 2.24) is 9.97 Å². The lowest BCUT2D eigenvalue weighted by atomic mass is 10.2. The SMILES string of the molecule is CCc1nc(C(N)=O)c(Nc2ccc(N3CCOCC3)c(F)c2)nc1Cl. The Morgan fingerprint density at radius 2 is 2.12 bits per heavy atom. The lowest BCUT2D eigenvalue weighted by molar-refractivity contribution is 0.0996. The Kier molecular flexibility index (Phi) is 5.53. The number of nitrogens with zero attached hydrogens (tertiary/aromatic N) is 3. The van der Waals surface area contributed by atoms with E-state index in [0.717, 1.165) is 0 Å². The van der Waals surface area contributed by atoms with Gasteiger partial charge in [0.2, 0.25) is 0 Å². The highest BCUT2D eigenvalue weighted by Crippen LogP contribution is 2.27. The molecule has 1 aliphatic rings. The fourth-order valence-electron chi connectivity index (χ4n) is 2.72. The Hall–Kier alpha value is -2.45. The largest absolute Gasteiger partial charge is 0.378 e. The van der Waals surface area contributed by atoms with E-state index >= 15 is 0 Å². The maximum Gasteiger partial charge on any atom is 0.271 e. The van der Waals surface area contributed by atoms with Crippen LogP contribution in [0.4, 0.5) is 21.6 Å². The fraction of sp³-hybridized carbons (Fsp3) is 0.353. The van der Waals surface area contributed by atoms with Gasteiger partial charge in [-0.2, -0.15) is 0 Å². The second-order valence-electron chi connectivity index (χ2n) is 5.77. The monoisotopic (exact) mass is 379 g/mol. The van der Waals surface area contributed by atoms with Crippen LogP contribution in [-0.4, -0.2) is 42.2 Å². The van der Waals surface area contributed by atoms with Gasteiger partial charge in [0, 0.05) is 18.8 Å². The molecule has 1 aromatic carbocycles. The predicted octanol–water partition coefficient (Wildman–Crippen LogP) is 2.51. The first-order chi connectivity index (χ1) is 12.5. The first-order valence-electron chi connectivity index (χ1n) is 8.25. The van der Waals surface area contributed by atoms with Gasteiger partial charge in [-0.1, -0.05) is 18.5 Å². The molecule has 26 heavy (non-hydrogen) atoms. The molecule has 0 aliphatic carbocycles. The number of hydrogen-bond acceptors (Lipinski definition) is 6. The topological polar surface area (TPSA) is 93.4 Å². The third-order valence-electron chi connectivity index (χ3n) is 4.05. The number of nitrogens with one attached hydrogen (secondary N) is 1. The van der Waals surface area contributed by atoms with Crippen LogP contribution in [0.5, 0.6) is 0 Å². The smallest absolute Gasteiger partial charge is 0.271 e. The predicted molar refractivity (Wildman–Crippen MR) is 97.7 cm³/mol. The second-order valence-corrected chi connectivity index (χ2v) is 6.12. The molecule has 2 aromatic rings. The van der Waals surface area contributed by atoms with E-state index < -0.39 is 5.91 Å². The Balaban J connectivity index is 1.88. The van der Waals surface area contributed by atoms with Gasteiger partial charge >= 0.3 is 0 Å². The average molecular weight is 380 g/mol. The first-order valence-corrected chi connectivity index (χ1v) is 8.63. The third-order valence-corrected chi connectivity index (χ3v) is 4.35. The van der Waals surface area contributed by atoms with Gasteiger partial charge in [0.15, 0.2) is 16.7 Å². The van der Waals surface area contributed by atoms with Crippen molar-refractivity contribution in [2.75, 3.05) is 36.5 Å². The van der Waals surface area contributed by atoms with Crippen LogP contribution in [0.15, 0.2) is 18.2 Å². The number of hydrogen-bond donors (Lipinski definition) is 2. The maximum absolute atomic E-state index is 14.5. The van der Waals surface area contributed by atoms with Crippen molar-refractivity contribution in [2.45, 2.75) is 13.3 Å². The van der Waals surface area contributed by atoms with E-state index in [0.29, 0.717) is 49.8 Å². The van der Waals surface area contributed by atoms with E-state index in [1.165, 1.54) is 6.07 Å². The van der Waals surface area contributed by atoms with Crippen molar-refractivity contribution >= 4 is 34.7 Å². The van der Waals surface area contributed by atoms with Crippen LogP contribution in [0.2, 0.25) is 5.15 Å². The van der Waals surface area contributed by atoms with Crippen LogP contribution in [0.25, 0.3) is 0 Å². The van der Waals surface area contributed by atoms with Gasteiger partial charge in [-0.15, -0.1) is 0 Å². The van der Waals surface area contributed by atoms with Crippen molar-refractivity contribution in [1.29, 1.82) is 0 Å². The molecule has 2 heterocycles. The molecule has 9 heteroatoms. The molecule has 0 radical (unpaired) electrons. The molecule has 3 N–H and O–H groups in total. The molecule has 1 amide bonds. The normalized spacial score (nSPS) is 14.3. The van der Waals surface area contributed by atoms with E-state index in [-0.39, 0.29) is 22.5 Å². The summed E-state index contributed by atoms with van der Waals surface area (Å²) in [6.45, 7) is 4.25. The number of primary amides is 1. The molecule has 0 atom stereocenters. The number of aryl methyl sites for hydroxylation is 1. The summed E-state index contributed by atoms with van der Waals surface area (Å²) in [6.07, 6.45) is 0.509. The van der Waals surface area contributed by atoms with Gasteiger partial charge in [-0.25, -0.2) is 14.4 Å². The number of aromatic nitrogens is 2. The Morgan fingerprint density at radius 1 is 1.38 bits per heavy atom. The number of anilines is 3. The second kappa shape index (κ2) is 7.84. The molecule has 0 spiro atoms. The van der Waals surface area contributed by atoms with Gasteiger partial charge in [-0.3, -0.25) is 4.79 Å². The standard InChI is InChI=1S/C17H19ClFN5O2/c1-2-12-15(18)23-17(14(22-12)16(20)25)21-10-3-4-13(11(19)9-10)24-5-7-26-8-6-24/h3-4,9H,2,5-8H2,1H3,(H2,20,25)(H,21,23). The summed E-state index contributed by atoms with van der Waals surface area (Å²) in [5, 5.41) is 3.05. The highest BCUT2D eigenvalue weighted by atomic mass is 35.5. The summed E-state index contributed by atoms with van der Waals surface area (Å²) in [5.41, 5.74) is 6.72. The van der Waals surface area contributed by atoms with Crippen LogP contribution in [-0.2, 0) is 11.2 Å². The van der Waals surface area contributed by atoms with E-state index in [1.54, 1.807) is 12.1 Å². The molecular formula is C17H19ClFN5O2. The quantitative estimate of drug-likeness (QED) is 0.829. The Bertz CT molecular complexity index is 827. The average Bonchev–Trinajstić information content (AvgIpc) is 2.62. The molecular weight excluding hydrogens is 361 g/mol. The Morgan fingerprint density at radius 3 is 2.73 bits per heavy atom. The number of halogens is 2. The van der Waals surface area contributed by atoms with Crippen molar-refractivity contribution in [3.05, 3.63) is 40.6 Å². The minimum absolute atomic E-state index is 0.0380. The lowest BCUT2D eigenvalue weighted by Gasteiger charge is -2.29. The highest BCUT2D eigenvalue weighted by Gasteiger charge is 2.18. The van der Waals surface area contributed by atoms with Crippen molar-refractivity contribution in [2.24, 2.45) is 5.73 Å². The number of carbonyl (C=O) groups is 1. The van der Waals surface area contributed by atoms with Crippen LogP contribution < -0.4 is 16.0 Å². The summed E-state index contributed by atoms with van der Waals surface area (Å²) in [7, 11) is 0. The number of rotatable bonds is 5. The summed E-state index contributed by atoms with van der Waals surface area (Å²) in [5.74, 6) is -1.03. The number of morpholine rings is 1. The number of amides is 1. The van der Waals surface area contributed by atoms with E-state index in [2.05, 4.69) is 15.3 Å². The van der Waals surface area contributed by atoms with E-state index in [9.17, 15) is 9.18 Å². The molecule has 3 rings (SSSR count). The van der Waals surface area contributed by atoms with Crippen molar-refractivity contribution < 1.29 is 13.9 Å². The molecule has 0 bridgehead atoms. The number of ether oxygens (including phenoxy) is 1. The molecule has 0 saturated carbocycles. The molecule has 1 aliphatic heterocycles. The minimum Gasteiger partial charge on any atom is -0.378 e. The molecule has 7 nitrogen and oxygen atoms in total. The summed E-state index contributed by atoms with van der Waals surface area (Å²) < 4.78 is 19.8. The minimum atomic E-state index is -0.739. The maximum atomic E-state index is 14.5. The third kappa shape index (κ3) is 3.86. The van der Waals surface area contributed by atoms with Crippen LogP contribution in [0.1, 0.15) is 23.1 Å². The van der Waals surface area contributed by atoms with E-state index in [1.807, 2.05) is 11.8 Å². The molecule has 1 aromatic heterocycles. The van der Waals surface area contributed by atoms with Gasteiger partial charge in [0.25, 0.3) is 5.91 Å². The molecule has 1 fully saturated rings. The summed E-state index contributed by atoms with van der Waals surface area (Å²) >= 11 is 6.07. The summed E-state index contributed by atoms with van der Waals surface area (Å²) in [4.78, 5) is 21.9. The van der Waals surface area contributed by atoms with E-state index in [4.69, 9.17) is 22.1 Å².